The Hall–Kier alpha value is -1.46. The Bertz CT molecular complexity index is 495. The van der Waals surface area contributed by atoms with Crippen LogP contribution in [0.1, 0.15) is 45.3 Å². The Morgan fingerprint density at radius 1 is 1.27 bits per heavy atom. The lowest BCUT2D eigenvalue weighted by Gasteiger charge is -2.32. The Morgan fingerprint density at radius 2 is 1.82 bits per heavy atom. The van der Waals surface area contributed by atoms with Gasteiger partial charge >= 0.3 is 0 Å². The fourth-order valence-corrected chi connectivity index (χ4v) is 2.99. The van der Waals surface area contributed by atoms with Crippen molar-refractivity contribution in [3.8, 4) is 0 Å². The summed E-state index contributed by atoms with van der Waals surface area (Å²) in [7, 11) is 0. The zero-order valence-corrected chi connectivity index (χ0v) is 13.3. The van der Waals surface area contributed by atoms with Crippen LogP contribution in [0.3, 0.4) is 0 Å². The lowest BCUT2D eigenvalue weighted by molar-refractivity contribution is -0.134. The number of halogens is 1. The summed E-state index contributed by atoms with van der Waals surface area (Å²) in [5.74, 6) is -0.505. The van der Waals surface area contributed by atoms with E-state index >= 15 is 0 Å². The Labute approximate surface area is 130 Å². The van der Waals surface area contributed by atoms with Crippen LogP contribution in [-0.2, 0) is 9.53 Å². The molecule has 122 valence electrons. The molecule has 5 heteroatoms. The van der Waals surface area contributed by atoms with Crippen molar-refractivity contribution in [2.24, 2.45) is 5.92 Å². The first-order chi connectivity index (χ1) is 10.4. The number of carbonyl (C=O) groups excluding carboxylic acids is 1. The van der Waals surface area contributed by atoms with E-state index in [0.29, 0.717) is 18.4 Å². The van der Waals surface area contributed by atoms with E-state index in [-0.39, 0.29) is 29.9 Å². The quantitative estimate of drug-likeness (QED) is 0.898. The van der Waals surface area contributed by atoms with Gasteiger partial charge in [-0.15, -0.1) is 0 Å². The minimum absolute atomic E-state index is 0.0596. The summed E-state index contributed by atoms with van der Waals surface area (Å²) in [6.07, 6.45) is 0.651. The highest BCUT2D eigenvalue weighted by molar-refractivity contribution is 5.79. The number of rotatable bonds is 4. The van der Waals surface area contributed by atoms with Crippen LogP contribution in [0, 0.1) is 11.7 Å². The third-order valence-corrected chi connectivity index (χ3v) is 4.12. The number of ether oxygens (including phenoxy) is 1. The molecule has 1 aliphatic rings. The van der Waals surface area contributed by atoms with Crippen LogP contribution in [-0.4, -0.2) is 29.3 Å². The number of nitrogens with one attached hydrogen (secondary N) is 1. The maximum atomic E-state index is 12.9. The fourth-order valence-electron chi connectivity index (χ4n) is 2.99. The molecule has 1 heterocycles. The smallest absolute Gasteiger partial charge is 0.223 e. The van der Waals surface area contributed by atoms with E-state index in [0.717, 1.165) is 0 Å². The van der Waals surface area contributed by atoms with E-state index in [2.05, 4.69) is 5.32 Å². The molecular formula is C17H24FNO3. The first kappa shape index (κ1) is 16.9. The zero-order chi connectivity index (χ0) is 16.3. The number of hydrogen-bond acceptors (Lipinski definition) is 3. The van der Waals surface area contributed by atoms with Crippen molar-refractivity contribution >= 4 is 5.91 Å². The summed E-state index contributed by atoms with van der Waals surface area (Å²) >= 11 is 0. The molecule has 1 aromatic carbocycles. The van der Waals surface area contributed by atoms with Crippen LogP contribution >= 0.6 is 0 Å². The maximum absolute atomic E-state index is 12.9. The van der Waals surface area contributed by atoms with E-state index in [1.54, 1.807) is 6.92 Å². The number of amides is 1. The predicted molar refractivity (Wildman–Crippen MR) is 81.7 cm³/mol. The lowest BCUT2D eigenvalue weighted by Crippen LogP contribution is -2.44. The first-order valence-electron chi connectivity index (χ1n) is 7.76. The highest BCUT2D eigenvalue weighted by Crippen LogP contribution is 2.25. The SMILES string of the molecule is CC1CC(C(=O)NC(C)C(O)c2ccc(F)cc2)CC(C)O1. The van der Waals surface area contributed by atoms with Gasteiger partial charge in [-0.05, 0) is 51.3 Å². The van der Waals surface area contributed by atoms with Crippen LogP contribution < -0.4 is 5.32 Å². The third kappa shape index (κ3) is 4.27. The topological polar surface area (TPSA) is 58.6 Å². The summed E-state index contributed by atoms with van der Waals surface area (Å²) in [5.41, 5.74) is 0.586. The van der Waals surface area contributed by atoms with Gasteiger partial charge < -0.3 is 15.2 Å². The number of aliphatic hydroxyl groups is 1. The van der Waals surface area contributed by atoms with Crippen molar-refractivity contribution in [2.75, 3.05) is 0 Å². The van der Waals surface area contributed by atoms with Gasteiger partial charge in [-0.1, -0.05) is 12.1 Å². The van der Waals surface area contributed by atoms with Crippen LogP contribution in [0.5, 0.6) is 0 Å². The van der Waals surface area contributed by atoms with E-state index in [4.69, 9.17) is 4.74 Å². The summed E-state index contributed by atoms with van der Waals surface area (Å²) in [4.78, 5) is 12.4. The molecular weight excluding hydrogens is 285 g/mol. The molecule has 1 aliphatic heterocycles. The minimum Gasteiger partial charge on any atom is -0.386 e. The number of carbonyl (C=O) groups is 1. The molecule has 0 aliphatic carbocycles. The average Bonchev–Trinajstić information content (AvgIpc) is 2.46. The van der Waals surface area contributed by atoms with E-state index < -0.39 is 12.1 Å². The van der Waals surface area contributed by atoms with Gasteiger partial charge in [0.05, 0.1) is 24.4 Å². The van der Waals surface area contributed by atoms with Crippen molar-refractivity contribution in [3.63, 3.8) is 0 Å². The fraction of sp³-hybridized carbons (Fsp3) is 0.588. The molecule has 1 aromatic rings. The highest BCUT2D eigenvalue weighted by Gasteiger charge is 2.31. The summed E-state index contributed by atoms with van der Waals surface area (Å²) in [6.45, 7) is 5.68. The summed E-state index contributed by atoms with van der Waals surface area (Å²) in [6, 6.07) is 5.22. The van der Waals surface area contributed by atoms with Crippen LogP contribution in [0.15, 0.2) is 24.3 Å². The van der Waals surface area contributed by atoms with Crippen molar-refractivity contribution in [1.82, 2.24) is 5.32 Å². The summed E-state index contributed by atoms with van der Waals surface area (Å²) in [5, 5.41) is 13.1. The second-order valence-corrected chi connectivity index (χ2v) is 6.22. The molecule has 1 fully saturated rings. The molecule has 4 atom stereocenters. The molecule has 2 rings (SSSR count). The molecule has 0 aromatic heterocycles. The van der Waals surface area contributed by atoms with Crippen molar-refractivity contribution in [1.29, 1.82) is 0 Å². The van der Waals surface area contributed by atoms with Crippen LogP contribution in [0.2, 0.25) is 0 Å². The molecule has 4 nitrogen and oxygen atoms in total. The number of benzene rings is 1. The molecule has 22 heavy (non-hydrogen) atoms. The van der Waals surface area contributed by atoms with Gasteiger partial charge in [-0.3, -0.25) is 4.79 Å². The third-order valence-electron chi connectivity index (χ3n) is 4.12. The predicted octanol–water partition coefficient (Wildman–Crippen LogP) is 2.57. The Balaban J connectivity index is 1.94. The monoisotopic (exact) mass is 309 g/mol. The van der Waals surface area contributed by atoms with E-state index in [9.17, 15) is 14.3 Å². The number of aliphatic hydroxyl groups excluding tert-OH is 1. The molecule has 1 saturated heterocycles. The van der Waals surface area contributed by atoms with Gasteiger partial charge in [0, 0.05) is 5.92 Å². The largest absolute Gasteiger partial charge is 0.386 e. The standard InChI is InChI=1S/C17H24FNO3/c1-10-8-14(9-11(2)22-10)17(21)19-12(3)16(20)13-4-6-15(18)7-5-13/h4-7,10-12,14,16,20H,8-9H2,1-3H3,(H,19,21). The van der Waals surface area contributed by atoms with Gasteiger partial charge in [0.25, 0.3) is 0 Å². The van der Waals surface area contributed by atoms with Crippen molar-refractivity contribution in [2.45, 2.75) is 58.0 Å². The van der Waals surface area contributed by atoms with Gasteiger partial charge in [-0.2, -0.15) is 0 Å². The second-order valence-electron chi connectivity index (χ2n) is 6.22. The maximum Gasteiger partial charge on any atom is 0.223 e. The van der Waals surface area contributed by atoms with Crippen molar-refractivity contribution in [3.05, 3.63) is 35.6 Å². The Kier molecular flexibility index (Phi) is 5.53. The number of hydrogen-bond donors (Lipinski definition) is 2. The van der Waals surface area contributed by atoms with Crippen LogP contribution in [0.4, 0.5) is 4.39 Å². The highest BCUT2D eigenvalue weighted by atomic mass is 19.1. The average molecular weight is 309 g/mol. The molecule has 0 spiro atoms. The molecule has 4 unspecified atom stereocenters. The van der Waals surface area contributed by atoms with E-state index in [1.165, 1.54) is 24.3 Å². The molecule has 1 amide bonds. The van der Waals surface area contributed by atoms with Gasteiger partial charge in [0.2, 0.25) is 5.91 Å². The normalized spacial score (nSPS) is 28.0. The second kappa shape index (κ2) is 7.20. The Morgan fingerprint density at radius 3 is 2.36 bits per heavy atom. The van der Waals surface area contributed by atoms with Gasteiger partial charge in [0.1, 0.15) is 5.82 Å². The minimum atomic E-state index is -0.862. The zero-order valence-electron chi connectivity index (χ0n) is 13.3. The molecule has 0 radical (unpaired) electrons. The molecule has 0 saturated carbocycles. The lowest BCUT2D eigenvalue weighted by atomic mass is 9.91. The van der Waals surface area contributed by atoms with Crippen molar-refractivity contribution < 1.29 is 19.0 Å². The summed E-state index contributed by atoms with van der Waals surface area (Å²) < 4.78 is 18.5. The molecule has 0 bridgehead atoms. The van der Waals surface area contributed by atoms with E-state index in [1.807, 2.05) is 13.8 Å². The van der Waals surface area contributed by atoms with Gasteiger partial charge in [-0.25, -0.2) is 4.39 Å². The van der Waals surface area contributed by atoms with Crippen LogP contribution in [0.25, 0.3) is 0 Å². The first-order valence-corrected chi connectivity index (χ1v) is 7.76. The van der Waals surface area contributed by atoms with Gasteiger partial charge in [0.15, 0.2) is 0 Å². The molecule has 2 N–H and O–H groups in total.